The van der Waals surface area contributed by atoms with Gasteiger partial charge in [-0.05, 0) is 18.2 Å². The molecule has 0 aliphatic carbocycles. The van der Waals surface area contributed by atoms with Crippen molar-refractivity contribution in [2.45, 2.75) is 19.9 Å². The Morgan fingerprint density at radius 2 is 1.67 bits per heavy atom. The van der Waals surface area contributed by atoms with Crippen molar-refractivity contribution in [1.29, 1.82) is 0 Å². The molecule has 0 saturated heterocycles. The summed E-state index contributed by atoms with van der Waals surface area (Å²) in [6, 6.07) is 7.84. The van der Waals surface area contributed by atoms with Crippen LogP contribution in [0.5, 0.6) is 0 Å². The molecule has 0 fully saturated rings. The van der Waals surface area contributed by atoms with Gasteiger partial charge in [-0.25, -0.2) is 0 Å². The first-order valence-corrected chi connectivity index (χ1v) is 6.18. The highest BCUT2D eigenvalue weighted by atomic mass is 28.4. The molecule has 3 heteroatoms. The number of hydrogen-bond donors (Lipinski definition) is 2. The highest BCUT2D eigenvalue weighted by molar-refractivity contribution is 6.78. The van der Waals surface area contributed by atoms with Crippen LogP contribution in [-0.2, 0) is 0 Å². The largest absolute Gasteiger partial charge is 0.407 e. The molecule has 0 bridgehead atoms. The van der Waals surface area contributed by atoms with Crippen molar-refractivity contribution in [3.8, 4) is 0 Å². The molecule has 1 rings (SSSR count). The van der Waals surface area contributed by atoms with Crippen LogP contribution in [0.3, 0.4) is 0 Å². The first-order chi connectivity index (χ1) is 5.56. The maximum absolute atomic E-state index is 9.58. The Bertz CT molecular complexity index is 254. The fourth-order valence-corrected chi connectivity index (χ4v) is 2.13. The number of aryl methyl sites for hydroxylation is 1. The fourth-order valence-electron chi connectivity index (χ4n) is 1.02. The first-order valence-electron chi connectivity index (χ1n) is 4.08. The van der Waals surface area contributed by atoms with Gasteiger partial charge in [0.05, 0.1) is 0 Å². The third kappa shape index (κ3) is 1.94. The molecular formula is C9H14O2Si. The highest BCUT2D eigenvalue weighted by Gasteiger charge is 2.28. The molecule has 0 radical (unpaired) electrons. The van der Waals surface area contributed by atoms with Gasteiger partial charge in [-0.1, -0.05) is 36.8 Å². The van der Waals surface area contributed by atoms with E-state index in [4.69, 9.17) is 0 Å². The minimum Gasteiger partial charge on any atom is -0.407 e. The Morgan fingerprint density at radius 3 is 2.08 bits per heavy atom. The molecule has 66 valence electrons. The maximum atomic E-state index is 9.58. The maximum Gasteiger partial charge on any atom is 0.366 e. The number of hydrogen-bond acceptors (Lipinski definition) is 2. The van der Waals surface area contributed by atoms with Crippen molar-refractivity contribution >= 4 is 13.7 Å². The predicted octanol–water partition coefficient (Wildman–Crippen LogP) is 0.649. The normalized spacial score (nSPS) is 11.7. The molecule has 0 saturated carbocycles. The van der Waals surface area contributed by atoms with Crippen LogP contribution in [0.15, 0.2) is 24.3 Å². The zero-order valence-corrected chi connectivity index (χ0v) is 8.41. The lowest BCUT2D eigenvalue weighted by atomic mass is 10.2. The first kappa shape index (κ1) is 9.44. The quantitative estimate of drug-likeness (QED) is 0.659. The van der Waals surface area contributed by atoms with E-state index in [1.165, 1.54) is 0 Å². The topological polar surface area (TPSA) is 40.5 Å². The monoisotopic (exact) mass is 182 g/mol. The van der Waals surface area contributed by atoms with Crippen LogP contribution in [-0.4, -0.2) is 18.2 Å². The van der Waals surface area contributed by atoms with Crippen LogP contribution in [0, 0.1) is 6.92 Å². The lowest BCUT2D eigenvalue weighted by Crippen LogP contribution is -2.47. The Morgan fingerprint density at radius 1 is 1.17 bits per heavy atom. The summed E-state index contributed by atoms with van der Waals surface area (Å²) < 4.78 is 0. The zero-order chi connectivity index (χ0) is 9.19. The van der Waals surface area contributed by atoms with E-state index >= 15 is 0 Å². The summed E-state index contributed by atoms with van der Waals surface area (Å²) in [6.07, 6.45) is 0. The molecule has 0 amide bonds. The van der Waals surface area contributed by atoms with E-state index in [0.29, 0.717) is 11.2 Å². The van der Waals surface area contributed by atoms with E-state index in [0.717, 1.165) is 5.56 Å². The fraction of sp³-hybridized carbons (Fsp3) is 0.333. The van der Waals surface area contributed by atoms with E-state index in [1.54, 1.807) is 19.1 Å². The van der Waals surface area contributed by atoms with Gasteiger partial charge in [-0.2, -0.15) is 0 Å². The van der Waals surface area contributed by atoms with Gasteiger partial charge in [0.1, 0.15) is 0 Å². The second-order valence-electron chi connectivity index (χ2n) is 3.04. The van der Waals surface area contributed by atoms with E-state index in [9.17, 15) is 9.59 Å². The van der Waals surface area contributed by atoms with Gasteiger partial charge in [0.2, 0.25) is 0 Å². The smallest absolute Gasteiger partial charge is 0.366 e. The lowest BCUT2D eigenvalue weighted by Gasteiger charge is -2.15. The summed E-state index contributed by atoms with van der Waals surface area (Å²) in [6.45, 7) is 3.78. The van der Waals surface area contributed by atoms with Gasteiger partial charge in [0.15, 0.2) is 0 Å². The third-order valence-corrected chi connectivity index (χ3v) is 4.25. The molecule has 1 aromatic rings. The minimum absolute atomic E-state index is 0.441. The molecule has 0 heterocycles. The minimum atomic E-state index is -3.08. The van der Waals surface area contributed by atoms with Crippen LogP contribution >= 0.6 is 0 Å². The Hall–Kier alpha value is -0.643. The average molecular weight is 182 g/mol. The molecule has 0 aliphatic heterocycles. The molecule has 0 aromatic heterocycles. The van der Waals surface area contributed by atoms with Gasteiger partial charge in [-0.15, -0.1) is 0 Å². The molecule has 0 unspecified atom stereocenters. The average Bonchev–Trinajstić information content (AvgIpc) is 2.05. The number of rotatable bonds is 2. The standard InChI is InChI=1S/C9H14O2Si/c1-3-12(10,11)9-6-4-8(2)5-7-9/h4-7,10-11H,3H2,1-2H3. The van der Waals surface area contributed by atoms with Crippen LogP contribution in [0.2, 0.25) is 6.04 Å². The molecule has 2 nitrogen and oxygen atoms in total. The van der Waals surface area contributed by atoms with Crippen molar-refractivity contribution in [3.05, 3.63) is 29.8 Å². The SMILES string of the molecule is CC[Si](O)(O)c1ccc(C)cc1. The summed E-state index contributed by atoms with van der Waals surface area (Å²) >= 11 is 0. The molecule has 0 spiro atoms. The van der Waals surface area contributed by atoms with Crippen LogP contribution < -0.4 is 5.19 Å². The second kappa shape index (κ2) is 3.39. The Balaban J connectivity index is 2.96. The van der Waals surface area contributed by atoms with E-state index in [2.05, 4.69) is 0 Å². The zero-order valence-electron chi connectivity index (χ0n) is 7.41. The second-order valence-corrected chi connectivity index (χ2v) is 5.95. The predicted molar refractivity (Wildman–Crippen MR) is 51.5 cm³/mol. The van der Waals surface area contributed by atoms with Crippen molar-refractivity contribution in [1.82, 2.24) is 0 Å². The van der Waals surface area contributed by atoms with Crippen LogP contribution in [0.1, 0.15) is 12.5 Å². The summed E-state index contributed by atoms with van der Waals surface area (Å²) in [7, 11) is -3.08. The van der Waals surface area contributed by atoms with Gasteiger partial charge in [-0.3, -0.25) is 0 Å². The van der Waals surface area contributed by atoms with E-state index in [-0.39, 0.29) is 0 Å². The summed E-state index contributed by atoms with van der Waals surface area (Å²) in [5, 5.41) is 0.690. The summed E-state index contributed by atoms with van der Waals surface area (Å²) in [4.78, 5) is 19.2. The van der Waals surface area contributed by atoms with E-state index in [1.807, 2.05) is 19.1 Å². The van der Waals surface area contributed by atoms with Gasteiger partial charge < -0.3 is 9.59 Å². The molecule has 1 aromatic carbocycles. The Labute approximate surface area is 73.7 Å². The lowest BCUT2D eigenvalue weighted by molar-refractivity contribution is 0.382. The van der Waals surface area contributed by atoms with Crippen molar-refractivity contribution in [2.24, 2.45) is 0 Å². The van der Waals surface area contributed by atoms with Gasteiger partial charge >= 0.3 is 8.56 Å². The van der Waals surface area contributed by atoms with Crippen molar-refractivity contribution in [2.75, 3.05) is 0 Å². The van der Waals surface area contributed by atoms with Gasteiger partial charge in [0, 0.05) is 0 Å². The van der Waals surface area contributed by atoms with Crippen LogP contribution in [0.4, 0.5) is 0 Å². The van der Waals surface area contributed by atoms with Crippen molar-refractivity contribution < 1.29 is 9.59 Å². The summed E-state index contributed by atoms with van der Waals surface area (Å²) in [5.74, 6) is 0. The summed E-state index contributed by atoms with van der Waals surface area (Å²) in [5.41, 5.74) is 1.14. The third-order valence-electron chi connectivity index (χ3n) is 2.01. The number of benzene rings is 1. The molecule has 0 atom stereocenters. The van der Waals surface area contributed by atoms with Crippen molar-refractivity contribution in [3.63, 3.8) is 0 Å². The van der Waals surface area contributed by atoms with Crippen LogP contribution in [0.25, 0.3) is 0 Å². The Kier molecular flexibility index (Phi) is 2.67. The molecule has 0 aliphatic rings. The van der Waals surface area contributed by atoms with Gasteiger partial charge in [0.25, 0.3) is 0 Å². The highest BCUT2D eigenvalue weighted by Crippen LogP contribution is 2.02. The molecular weight excluding hydrogens is 168 g/mol. The molecule has 12 heavy (non-hydrogen) atoms. The van der Waals surface area contributed by atoms with E-state index < -0.39 is 8.56 Å². The molecule has 2 N–H and O–H groups in total.